The second kappa shape index (κ2) is 6.51. The quantitative estimate of drug-likeness (QED) is 0.876. The van der Waals surface area contributed by atoms with Crippen molar-refractivity contribution >= 4 is 11.9 Å². The number of hydrogen-bond donors (Lipinski definition) is 1. The molecule has 0 aliphatic carbocycles. The van der Waals surface area contributed by atoms with E-state index in [9.17, 15) is 23.5 Å². The first-order valence-electron chi connectivity index (χ1n) is 6.31. The Balaban J connectivity index is 3.48. The molecule has 7 heteroatoms. The molecule has 0 aliphatic rings. The molecule has 1 unspecified atom stereocenters. The molecule has 1 amide bonds. The van der Waals surface area contributed by atoms with Crippen molar-refractivity contribution < 1.29 is 28.2 Å². The Kier molecular flexibility index (Phi) is 5.23. The lowest BCUT2D eigenvalue weighted by Gasteiger charge is -2.37. The van der Waals surface area contributed by atoms with Crippen LogP contribution in [-0.2, 0) is 15.1 Å². The number of carboxylic acids is 1. The number of amides is 1. The van der Waals surface area contributed by atoms with Gasteiger partial charge in [0, 0.05) is 19.0 Å². The molecule has 1 rings (SSSR count). The number of rotatable bonds is 6. The first-order valence-corrected chi connectivity index (χ1v) is 6.31. The third kappa shape index (κ3) is 3.29. The van der Waals surface area contributed by atoms with Crippen LogP contribution in [0.15, 0.2) is 24.3 Å². The summed E-state index contributed by atoms with van der Waals surface area (Å²) in [4.78, 5) is 24.5. The molecular weight excluding hydrogens is 284 g/mol. The summed E-state index contributed by atoms with van der Waals surface area (Å²) in [5, 5.41) is 9.56. The van der Waals surface area contributed by atoms with Gasteiger partial charge in [-0.3, -0.25) is 4.79 Å². The summed E-state index contributed by atoms with van der Waals surface area (Å²) >= 11 is 0. The molecule has 1 aromatic rings. The fraction of sp³-hybridized carbons (Fsp3) is 0.429. The lowest BCUT2D eigenvalue weighted by Crippen LogP contribution is -2.52. The van der Waals surface area contributed by atoms with E-state index in [4.69, 9.17) is 0 Å². The Bertz CT molecular complexity index is 535. The van der Waals surface area contributed by atoms with E-state index in [-0.39, 0.29) is 17.9 Å². The number of alkyl halides is 2. The van der Waals surface area contributed by atoms with Gasteiger partial charge in [0.1, 0.15) is 5.75 Å². The lowest BCUT2D eigenvalue weighted by atomic mass is 9.89. The highest BCUT2D eigenvalue weighted by atomic mass is 19.3. The molecule has 0 radical (unpaired) electrons. The zero-order chi connectivity index (χ0) is 16.2. The zero-order valence-electron chi connectivity index (χ0n) is 12.0. The van der Waals surface area contributed by atoms with Gasteiger partial charge >= 0.3 is 12.6 Å². The van der Waals surface area contributed by atoms with Crippen LogP contribution >= 0.6 is 0 Å². The van der Waals surface area contributed by atoms with Crippen LogP contribution in [0.4, 0.5) is 8.78 Å². The minimum Gasteiger partial charge on any atom is -0.479 e. The maximum Gasteiger partial charge on any atom is 0.387 e. The van der Waals surface area contributed by atoms with E-state index in [1.54, 1.807) is 6.92 Å². The van der Waals surface area contributed by atoms with E-state index in [0.717, 1.165) is 4.90 Å². The summed E-state index contributed by atoms with van der Waals surface area (Å²) in [6, 6.07) is 5.56. The van der Waals surface area contributed by atoms with Crippen LogP contribution in [0.2, 0.25) is 0 Å². The number of para-hydroxylation sites is 1. The van der Waals surface area contributed by atoms with Gasteiger partial charge < -0.3 is 14.7 Å². The highest BCUT2D eigenvalue weighted by Gasteiger charge is 2.44. The summed E-state index contributed by atoms with van der Waals surface area (Å²) in [5.41, 5.74) is -1.80. The number of carbonyl (C=O) groups is 2. The van der Waals surface area contributed by atoms with Crippen LogP contribution in [0.3, 0.4) is 0 Å². The molecule has 0 heterocycles. The van der Waals surface area contributed by atoms with Crippen molar-refractivity contribution in [1.29, 1.82) is 0 Å². The van der Waals surface area contributed by atoms with Gasteiger partial charge in [0.05, 0.1) is 0 Å². The Hall–Kier alpha value is -2.18. The van der Waals surface area contributed by atoms with Crippen molar-refractivity contribution in [3.05, 3.63) is 29.8 Å². The van der Waals surface area contributed by atoms with Crippen LogP contribution in [0.5, 0.6) is 5.75 Å². The van der Waals surface area contributed by atoms with E-state index < -0.39 is 24.0 Å². The Labute approximate surface area is 121 Å². The predicted octanol–water partition coefficient (Wildman–Crippen LogP) is 2.46. The second-order valence-electron chi connectivity index (χ2n) is 4.52. The number of ether oxygens (including phenoxy) is 1. The highest BCUT2D eigenvalue weighted by molar-refractivity contribution is 5.87. The average Bonchev–Trinajstić information content (AvgIpc) is 2.38. The average molecular weight is 301 g/mol. The summed E-state index contributed by atoms with van der Waals surface area (Å²) in [7, 11) is 0. The number of aliphatic carboxylic acids is 1. The standard InChI is InChI=1S/C14H17F2NO4/c1-4-17(9(2)18)14(3,12(19)20)10-7-5-6-8-11(10)21-13(15)16/h5-8,13H,4H2,1-3H3,(H,19,20). The van der Waals surface area contributed by atoms with Crippen molar-refractivity contribution in [3.63, 3.8) is 0 Å². The van der Waals surface area contributed by atoms with Gasteiger partial charge in [0.2, 0.25) is 5.91 Å². The number of carboxylic acid groups (broad SMARTS) is 1. The summed E-state index contributed by atoms with van der Waals surface area (Å²) < 4.78 is 29.3. The molecule has 0 saturated carbocycles. The smallest absolute Gasteiger partial charge is 0.387 e. The highest BCUT2D eigenvalue weighted by Crippen LogP contribution is 2.36. The third-order valence-electron chi connectivity index (χ3n) is 3.28. The van der Waals surface area contributed by atoms with Crippen molar-refractivity contribution in [2.24, 2.45) is 0 Å². The first kappa shape index (κ1) is 16.9. The number of carbonyl (C=O) groups excluding carboxylic acids is 1. The van der Waals surface area contributed by atoms with E-state index in [2.05, 4.69) is 4.74 Å². The summed E-state index contributed by atoms with van der Waals surface area (Å²) in [6.07, 6.45) is 0. The molecule has 0 bridgehead atoms. The van der Waals surface area contributed by atoms with Gasteiger partial charge in [-0.15, -0.1) is 0 Å². The van der Waals surface area contributed by atoms with Crippen LogP contribution in [0, 0.1) is 0 Å². The molecule has 116 valence electrons. The van der Waals surface area contributed by atoms with E-state index >= 15 is 0 Å². The fourth-order valence-electron chi connectivity index (χ4n) is 2.30. The van der Waals surface area contributed by atoms with Gasteiger partial charge in [-0.1, -0.05) is 18.2 Å². The van der Waals surface area contributed by atoms with Gasteiger partial charge in [-0.2, -0.15) is 8.78 Å². The molecule has 21 heavy (non-hydrogen) atoms. The topological polar surface area (TPSA) is 66.8 Å². The number of likely N-dealkylation sites (N-methyl/N-ethyl adjacent to an activating group) is 1. The molecule has 1 N–H and O–H groups in total. The molecule has 1 atom stereocenters. The number of nitrogens with zero attached hydrogens (tertiary/aromatic N) is 1. The Morgan fingerprint density at radius 1 is 1.38 bits per heavy atom. The molecular formula is C14H17F2NO4. The minimum atomic E-state index is -3.09. The second-order valence-corrected chi connectivity index (χ2v) is 4.52. The molecule has 0 aliphatic heterocycles. The summed E-state index contributed by atoms with van der Waals surface area (Å²) in [5.74, 6) is -2.07. The normalized spacial score (nSPS) is 13.6. The zero-order valence-corrected chi connectivity index (χ0v) is 12.0. The lowest BCUT2D eigenvalue weighted by molar-refractivity contribution is -0.158. The number of halogens is 2. The van der Waals surface area contributed by atoms with Crippen LogP contribution in [-0.4, -0.2) is 35.0 Å². The summed E-state index contributed by atoms with van der Waals surface area (Å²) in [6.45, 7) is 1.15. The Morgan fingerprint density at radius 3 is 2.38 bits per heavy atom. The van der Waals surface area contributed by atoms with Crippen LogP contribution < -0.4 is 4.74 Å². The van der Waals surface area contributed by atoms with Crippen LogP contribution in [0.25, 0.3) is 0 Å². The van der Waals surface area contributed by atoms with Gasteiger partial charge in [-0.05, 0) is 19.9 Å². The van der Waals surface area contributed by atoms with Gasteiger partial charge in [0.25, 0.3) is 0 Å². The first-order chi connectivity index (χ1) is 9.75. The third-order valence-corrected chi connectivity index (χ3v) is 3.28. The van der Waals surface area contributed by atoms with Crippen molar-refractivity contribution in [1.82, 2.24) is 4.90 Å². The molecule has 1 aromatic carbocycles. The number of benzene rings is 1. The Morgan fingerprint density at radius 2 is 1.95 bits per heavy atom. The van der Waals surface area contributed by atoms with E-state index in [0.29, 0.717) is 0 Å². The monoisotopic (exact) mass is 301 g/mol. The van der Waals surface area contributed by atoms with E-state index in [1.807, 2.05) is 0 Å². The molecule has 0 aromatic heterocycles. The maximum atomic E-state index is 12.5. The van der Waals surface area contributed by atoms with Crippen molar-refractivity contribution in [2.45, 2.75) is 32.9 Å². The molecule has 0 spiro atoms. The van der Waals surface area contributed by atoms with Gasteiger partial charge in [0.15, 0.2) is 5.54 Å². The maximum absolute atomic E-state index is 12.5. The number of hydrogen-bond acceptors (Lipinski definition) is 3. The largest absolute Gasteiger partial charge is 0.479 e. The van der Waals surface area contributed by atoms with Crippen molar-refractivity contribution in [2.75, 3.05) is 6.54 Å². The predicted molar refractivity (Wildman–Crippen MR) is 71.1 cm³/mol. The van der Waals surface area contributed by atoms with Crippen molar-refractivity contribution in [3.8, 4) is 5.75 Å². The van der Waals surface area contributed by atoms with Crippen LogP contribution in [0.1, 0.15) is 26.3 Å². The van der Waals surface area contributed by atoms with Gasteiger partial charge in [-0.25, -0.2) is 4.79 Å². The molecule has 0 saturated heterocycles. The SMILES string of the molecule is CCN(C(C)=O)C(C)(C(=O)O)c1ccccc1OC(F)F. The molecule has 5 nitrogen and oxygen atoms in total. The fourth-order valence-corrected chi connectivity index (χ4v) is 2.30. The molecule has 0 fully saturated rings. The minimum absolute atomic E-state index is 0.00477. The van der Waals surface area contributed by atoms with E-state index in [1.165, 1.54) is 38.1 Å².